The van der Waals surface area contributed by atoms with Gasteiger partial charge < -0.3 is 16.0 Å². The minimum atomic E-state index is -0.0543. The number of aromatic nitrogens is 2. The zero-order valence-corrected chi connectivity index (χ0v) is 20.9. The Morgan fingerprint density at radius 1 is 0.938 bits per heavy atom. The fourth-order valence-corrected chi connectivity index (χ4v) is 3.17. The number of amides is 1. The molecule has 0 bridgehead atoms. The topological polar surface area (TPSA) is 83.3 Å². The minimum Gasteiger partial charge on any atom is -0.357 e. The quantitative estimate of drug-likeness (QED) is 0.218. The summed E-state index contributed by atoms with van der Waals surface area (Å²) in [6, 6.07) is 17.8. The van der Waals surface area contributed by atoms with Gasteiger partial charge in [0.15, 0.2) is 5.96 Å². The summed E-state index contributed by atoms with van der Waals surface area (Å²) in [5.74, 6) is 0.700. The van der Waals surface area contributed by atoms with Crippen LogP contribution in [0.25, 0.3) is 0 Å². The van der Waals surface area contributed by atoms with Crippen LogP contribution in [-0.4, -0.2) is 34.7 Å². The highest BCUT2D eigenvalue weighted by molar-refractivity contribution is 14.0. The van der Waals surface area contributed by atoms with Crippen molar-refractivity contribution in [3.63, 3.8) is 0 Å². The van der Waals surface area contributed by atoms with Gasteiger partial charge >= 0.3 is 0 Å². The van der Waals surface area contributed by atoms with Crippen molar-refractivity contribution in [3.05, 3.63) is 89.2 Å². The third-order valence-electron chi connectivity index (χ3n) is 4.77. The van der Waals surface area contributed by atoms with Crippen molar-refractivity contribution in [2.45, 2.75) is 33.5 Å². The van der Waals surface area contributed by atoms with Gasteiger partial charge in [-0.25, -0.2) is 4.99 Å². The second kappa shape index (κ2) is 13.5. The molecule has 1 heterocycles. The lowest BCUT2D eigenvalue weighted by molar-refractivity contribution is 0.0956. The van der Waals surface area contributed by atoms with E-state index in [-0.39, 0.29) is 29.9 Å². The molecule has 0 fully saturated rings. The highest BCUT2D eigenvalue weighted by atomic mass is 127. The zero-order valence-electron chi connectivity index (χ0n) is 18.5. The maximum atomic E-state index is 11.9. The Morgan fingerprint density at radius 2 is 1.66 bits per heavy atom. The molecular formula is C24H31IN6O. The van der Waals surface area contributed by atoms with E-state index in [1.165, 1.54) is 11.1 Å². The smallest absolute Gasteiger partial charge is 0.251 e. The van der Waals surface area contributed by atoms with E-state index in [0.29, 0.717) is 25.2 Å². The zero-order chi connectivity index (χ0) is 21.9. The Morgan fingerprint density at radius 3 is 2.31 bits per heavy atom. The molecule has 0 unspecified atom stereocenters. The summed E-state index contributed by atoms with van der Waals surface area (Å²) in [6.07, 6.45) is 3.76. The summed E-state index contributed by atoms with van der Waals surface area (Å²) in [7, 11) is 0. The standard InChI is InChI=1S/C24H30N6O.HI/c1-3-25-23(31)20-12-10-19(11-13-20)16-27-24(26-4-2)28-17-21-8-5-6-9-22(21)18-30-15-7-14-29-30;/h5-15H,3-4,16-18H2,1-2H3,(H,25,31)(H2,26,27,28);1H. The van der Waals surface area contributed by atoms with Gasteiger partial charge in [0.25, 0.3) is 5.91 Å². The Labute approximate surface area is 206 Å². The summed E-state index contributed by atoms with van der Waals surface area (Å²) >= 11 is 0. The predicted octanol–water partition coefficient (Wildman–Crippen LogP) is 3.55. The molecule has 32 heavy (non-hydrogen) atoms. The van der Waals surface area contributed by atoms with E-state index in [0.717, 1.165) is 24.6 Å². The van der Waals surface area contributed by atoms with Crippen LogP contribution in [-0.2, 0) is 19.6 Å². The van der Waals surface area contributed by atoms with Crippen LogP contribution >= 0.6 is 24.0 Å². The van der Waals surface area contributed by atoms with Crippen LogP contribution in [0.1, 0.15) is 40.9 Å². The summed E-state index contributed by atoms with van der Waals surface area (Å²) in [5.41, 5.74) is 4.13. The minimum absolute atomic E-state index is 0. The van der Waals surface area contributed by atoms with Gasteiger partial charge in [0, 0.05) is 37.6 Å². The Bertz CT molecular complexity index is 986. The number of nitrogens with zero attached hydrogens (tertiary/aromatic N) is 3. The average molecular weight is 546 g/mol. The molecule has 3 rings (SSSR count). The summed E-state index contributed by atoms with van der Waals surface area (Å²) < 4.78 is 1.92. The monoisotopic (exact) mass is 546 g/mol. The van der Waals surface area contributed by atoms with Crippen LogP contribution in [0.5, 0.6) is 0 Å². The highest BCUT2D eigenvalue weighted by Gasteiger charge is 2.06. The van der Waals surface area contributed by atoms with Gasteiger partial charge in [-0.2, -0.15) is 5.10 Å². The lowest BCUT2D eigenvalue weighted by atomic mass is 10.1. The van der Waals surface area contributed by atoms with Crippen molar-refractivity contribution < 1.29 is 4.79 Å². The second-order valence-electron chi connectivity index (χ2n) is 7.08. The molecule has 3 aromatic rings. The van der Waals surface area contributed by atoms with Gasteiger partial charge in [-0.05, 0) is 48.7 Å². The molecule has 1 aromatic heterocycles. The van der Waals surface area contributed by atoms with Crippen LogP contribution in [0, 0.1) is 0 Å². The van der Waals surface area contributed by atoms with Crippen LogP contribution in [0.3, 0.4) is 0 Å². The molecule has 0 radical (unpaired) electrons. The third-order valence-corrected chi connectivity index (χ3v) is 4.77. The van der Waals surface area contributed by atoms with Crippen molar-refractivity contribution >= 4 is 35.8 Å². The number of hydrogen-bond donors (Lipinski definition) is 3. The predicted molar refractivity (Wildman–Crippen MR) is 139 cm³/mol. The first-order valence-electron chi connectivity index (χ1n) is 10.6. The summed E-state index contributed by atoms with van der Waals surface area (Å²) in [5, 5.41) is 13.8. The third kappa shape index (κ3) is 7.67. The number of aliphatic imine (C=N–C) groups is 1. The van der Waals surface area contributed by atoms with Gasteiger partial charge in [0.05, 0.1) is 13.1 Å². The normalized spacial score (nSPS) is 10.9. The van der Waals surface area contributed by atoms with Gasteiger partial charge in [-0.3, -0.25) is 9.48 Å². The molecule has 8 heteroatoms. The Hall–Kier alpha value is -2.88. The van der Waals surface area contributed by atoms with E-state index >= 15 is 0 Å². The summed E-state index contributed by atoms with van der Waals surface area (Å²) in [6.45, 7) is 7.27. The number of nitrogens with one attached hydrogen (secondary N) is 3. The van der Waals surface area contributed by atoms with Crippen molar-refractivity contribution in [1.82, 2.24) is 25.7 Å². The number of rotatable bonds is 9. The van der Waals surface area contributed by atoms with Crippen molar-refractivity contribution in [2.24, 2.45) is 4.99 Å². The lowest BCUT2D eigenvalue weighted by Crippen LogP contribution is -2.37. The number of guanidine groups is 1. The van der Waals surface area contributed by atoms with E-state index < -0.39 is 0 Å². The summed E-state index contributed by atoms with van der Waals surface area (Å²) in [4.78, 5) is 16.6. The Balaban J connectivity index is 0.00000363. The number of hydrogen-bond acceptors (Lipinski definition) is 3. The van der Waals surface area contributed by atoms with E-state index in [4.69, 9.17) is 4.99 Å². The molecule has 2 aromatic carbocycles. The molecule has 0 aliphatic carbocycles. The van der Waals surface area contributed by atoms with Crippen LogP contribution in [0.2, 0.25) is 0 Å². The van der Waals surface area contributed by atoms with Gasteiger partial charge in [0.1, 0.15) is 0 Å². The lowest BCUT2D eigenvalue weighted by Gasteiger charge is -2.14. The van der Waals surface area contributed by atoms with Crippen molar-refractivity contribution in [2.75, 3.05) is 13.1 Å². The largest absolute Gasteiger partial charge is 0.357 e. The SMILES string of the molecule is CCNC(=O)c1ccc(CN=C(NCC)NCc2ccccc2Cn2cccn2)cc1.I. The van der Waals surface area contributed by atoms with Gasteiger partial charge in [0.2, 0.25) is 0 Å². The van der Waals surface area contributed by atoms with Gasteiger partial charge in [-0.1, -0.05) is 36.4 Å². The molecule has 0 aliphatic rings. The van der Waals surface area contributed by atoms with Crippen LogP contribution < -0.4 is 16.0 Å². The number of carbonyl (C=O) groups excluding carboxylic acids is 1. The first-order valence-corrected chi connectivity index (χ1v) is 10.6. The molecule has 0 spiro atoms. The maximum Gasteiger partial charge on any atom is 0.251 e. The average Bonchev–Trinajstić information content (AvgIpc) is 3.30. The van der Waals surface area contributed by atoms with Gasteiger partial charge in [-0.15, -0.1) is 24.0 Å². The number of benzene rings is 2. The van der Waals surface area contributed by atoms with Crippen molar-refractivity contribution in [1.29, 1.82) is 0 Å². The molecule has 0 atom stereocenters. The molecule has 7 nitrogen and oxygen atoms in total. The number of halogens is 1. The molecule has 0 aliphatic heterocycles. The fourth-order valence-electron chi connectivity index (χ4n) is 3.17. The molecule has 170 valence electrons. The van der Waals surface area contributed by atoms with Crippen molar-refractivity contribution in [3.8, 4) is 0 Å². The number of carbonyl (C=O) groups is 1. The molecule has 3 N–H and O–H groups in total. The van der Waals surface area contributed by atoms with Crippen LogP contribution in [0.4, 0.5) is 0 Å². The van der Waals surface area contributed by atoms with E-state index in [1.54, 1.807) is 6.20 Å². The first-order chi connectivity index (χ1) is 15.2. The Kier molecular flexibility index (Phi) is 10.7. The molecule has 1 amide bonds. The molecular weight excluding hydrogens is 515 g/mol. The molecule has 0 saturated heterocycles. The highest BCUT2D eigenvalue weighted by Crippen LogP contribution is 2.10. The van der Waals surface area contributed by atoms with E-state index in [9.17, 15) is 4.79 Å². The fraction of sp³-hybridized carbons (Fsp3) is 0.292. The van der Waals surface area contributed by atoms with E-state index in [2.05, 4.69) is 33.2 Å². The first kappa shape index (κ1) is 25.4. The van der Waals surface area contributed by atoms with E-state index in [1.807, 2.05) is 67.2 Å². The van der Waals surface area contributed by atoms with Crippen LogP contribution in [0.15, 0.2) is 72.0 Å². The molecule has 0 saturated carbocycles. The maximum absolute atomic E-state index is 11.9. The second-order valence-corrected chi connectivity index (χ2v) is 7.08.